The van der Waals surface area contributed by atoms with Gasteiger partial charge in [-0.05, 0) is 49.9 Å². The molecule has 0 radical (unpaired) electrons. The van der Waals surface area contributed by atoms with Crippen molar-refractivity contribution < 1.29 is 9.53 Å². The molecule has 0 spiro atoms. The van der Waals surface area contributed by atoms with Crippen LogP contribution < -0.4 is 10.1 Å². The topological polar surface area (TPSA) is 41.6 Å². The second-order valence-electron chi connectivity index (χ2n) is 6.12. The first kappa shape index (κ1) is 16.8. The molecule has 1 aliphatic rings. The Labute approximate surface area is 133 Å². The van der Waals surface area contributed by atoms with Gasteiger partial charge in [0, 0.05) is 13.1 Å². The van der Waals surface area contributed by atoms with Crippen molar-refractivity contribution in [3.63, 3.8) is 0 Å². The maximum absolute atomic E-state index is 12.3. The van der Waals surface area contributed by atoms with Crippen LogP contribution in [0.15, 0.2) is 24.3 Å². The van der Waals surface area contributed by atoms with E-state index in [2.05, 4.69) is 25.2 Å². The summed E-state index contributed by atoms with van der Waals surface area (Å²) in [6.07, 6.45) is 3.10. The first-order valence-electron chi connectivity index (χ1n) is 8.31. The van der Waals surface area contributed by atoms with Gasteiger partial charge in [0.15, 0.2) is 6.61 Å². The summed E-state index contributed by atoms with van der Waals surface area (Å²) >= 11 is 0. The number of nitrogens with zero attached hydrogens (tertiary/aromatic N) is 1. The van der Waals surface area contributed by atoms with Crippen molar-refractivity contribution in [1.82, 2.24) is 10.2 Å². The SMILES string of the molecule is CCC(C)c1ccccc1OCC(=O)N(C)C1CCNCC1. The largest absolute Gasteiger partial charge is 0.483 e. The molecule has 2 rings (SSSR count). The van der Waals surface area contributed by atoms with Crippen molar-refractivity contribution in [2.45, 2.75) is 45.1 Å². The first-order valence-corrected chi connectivity index (χ1v) is 8.31. The van der Waals surface area contributed by atoms with E-state index in [9.17, 15) is 4.79 Å². The van der Waals surface area contributed by atoms with Crippen LogP contribution in [0.25, 0.3) is 0 Å². The van der Waals surface area contributed by atoms with E-state index in [1.54, 1.807) is 0 Å². The van der Waals surface area contributed by atoms with Crippen molar-refractivity contribution in [3.05, 3.63) is 29.8 Å². The van der Waals surface area contributed by atoms with Crippen molar-refractivity contribution in [2.75, 3.05) is 26.7 Å². The molecule has 1 heterocycles. The Morgan fingerprint density at radius 3 is 2.73 bits per heavy atom. The van der Waals surface area contributed by atoms with Crippen LogP contribution in [0.3, 0.4) is 0 Å². The van der Waals surface area contributed by atoms with Gasteiger partial charge in [-0.2, -0.15) is 0 Å². The molecular weight excluding hydrogens is 276 g/mol. The average molecular weight is 304 g/mol. The second-order valence-corrected chi connectivity index (χ2v) is 6.12. The van der Waals surface area contributed by atoms with Crippen molar-refractivity contribution in [1.29, 1.82) is 0 Å². The summed E-state index contributed by atoms with van der Waals surface area (Å²) in [7, 11) is 1.89. The highest BCUT2D eigenvalue weighted by molar-refractivity contribution is 5.77. The number of amides is 1. The predicted octanol–water partition coefficient (Wildman–Crippen LogP) is 2.79. The van der Waals surface area contributed by atoms with Crippen LogP contribution >= 0.6 is 0 Å². The zero-order chi connectivity index (χ0) is 15.9. The van der Waals surface area contributed by atoms with Crippen LogP contribution in [0.5, 0.6) is 5.75 Å². The number of carbonyl (C=O) groups is 1. The van der Waals surface area contributed by atoms with E-state index in [4.69, 9.17) is 4.74 Å². The molecule has 1 aliphatic heterocycles. The summed E-state index contributed by atoms with van der Waals surface area (Å²) in [5, 5.41) is 3.32. The number of para-hydroxylation sites is 1. The van der Waals surface area contributed by atoms with E-state index in [0.29, 0.717) is 12.0 Å². The molecule has 1 atom stereocenters. The number of likely N-dealkylation sites (N-methyl/N-ethyl adjacent to an activating group) is 1. The highest BCUT2D eigenvalue weighted by atomic mass is 16.5. The number of hydrogen-bond donors (Lipinski definition) is 1. The average Bonchev–Trinajstić information content (AvgIpc) is 2.59. The molecule has 22 heavy (non-hydrogen) atoms. The van der Waals surface area contributed by atoms with Gasteiger partial charge in [-0.25, -0.2) is 0 Å². The smallest absolute Gasteiger partial charge is 0.260 e. The van der Waals surface area contributed by atoms with Gasteiger partial charge in [0.1, 0.15) is 5.75 Å². The van der Waals surface area contributed by atoms with E-state index in [1.807, 2.05) is 30.1 Å². The summed E-state index contributed by atoms with van der Waals surface area (Å²) in [6, 6.07) is 8.37. The van der Waals surface area contributed by atoms with Gasteiger partial charge in [0.05, 0.1) is 0 Å². The molecule has 0 aliphatic carbocycles. The molecule has 0 bridgehead atoms. The lowest BCUT2D eigenvalue weighted by atomic mass is 9.98. The fourth-order valence-corrected chi connectivity index (χ4v) is 2.88. The molecule has 1 saturated heterocycles. The number of nitrogens with one attached hydrogen (secondary N) is 1. The van der Waals surface area contributed by atoms with Gasteiger partial charge < -0.3 is 15.0 Å². The Balaban J connectivity index is 1.93. The van der Waals surface area contributed by atoms with Crippen LogP contribution in [0.4, 0.5) is 0 Å². The summed E-state index contributed by atoms with van der Waals surface area (Å²) in [5.74, 6) is 1.34. The summed E-state index contributed by atoms with van der Waals surface area (Å²) in [5.41, 5.74) is 1.18. The lowest BCUT2D eigenvalue weighted by Crippen LogP contribution is -2.45. The molecule has 122 valence electrons. The Bertz CT molecular complexity index is 484. The number of hydrogen-bond acceptors (Lipinski definition) is 3. The Morgan fingerprint density at radius 1 is 1.36 bits per heavy atom. The summed E-state index contributed by atoms with van der Waals surface area (Å²) < 4.78 is 5.83. The molecule has 1 N–H and O–H groups in total. The van der Waals surface area contributed by atoms with E-state index in [1.165, 1.54) is 5.56 Å². The summed E-state index contributed by atoms with van der Waals surface area (Å²) in [4.78, 5) is 14.2. The zero-order valence-electron chi connectivity index (χ0n) is 14.0. The normalized spacial score (nSPS) is 17.0. The number of piperidine rings is 1. The Kier molecular flexibility index (Phi) is 6.25. The van der Waals surface area contributed by atoms with Crippen LogP contribution in [0, 0.1) is 0 Å². The van der Waals surface area contributed by atoms with Crippen molar-refractivity contribution in [2.24, 2.45) is 0 Å². The summed E-state index contributed by atoms with van der Waals surface area (Å²) in [6.45, 7) is 6.44. The maximum atomic E-state index is 12.3. The van der Waals surface area contributed by atoms with Crippen molar-refractivity contribution >= 4 is 5.91 Å². The zero-order valence-corrected chi connectivity index (χ0v) is 14.0. The molecule has 1 fully saturated rings. The molecule has 1 unspecified atom stereocenters. The third-order valence-electron chi connectivity index (χ3n) is 4.66. The van der Waals surface area contributed by atoms with Gasteiger partial charge >= 0.3 is 0 Å². The van der Waals surface area contributed by atoms with Crippen LogP contribution in [-0.4, -0.2) is 43.6 Å². The van der Waals surface area contributed by atoms with Gasteiger partial charge in [0.25, 0.3) is 5.91 Å². The fraction of sp³-hybridized carbons (Fsp3) is 0.611. The van der Waals surface area contributed by atoms with E-state index >= 15 is 0 Å². The number of carbonyl (C=O) groups excluding carboxylic acids is 1. The van der Waals surface area contributed by atoms with Crippen LogP contribution in [0.2, 0.25) is 0 Å². The highest BCUT2D eigenvalue weighted by Gasteiger charge is 2.22. The van der Waals surface area contributed by atoms with Gasteiger partial charge in [-0.1, -0.05) is 32.0 Å². The molecular formula is C18H28N2O2. The van der Waals surface area contributed by atoms with Crippen LogP contribution in [-0.2, 0) is 4.79 Å². The molecule has 0 saturated carbocycles. The third-order valence-corrected chi connectivity index (χ3v) is 4.66. The third kappa shape index (κ3) is 4.23. The van der Waals surface area contributed by atoms with Gasteiger partial charge in [-0.3, -0.25) is 4.79 Å². The molecule has 1 aromatic rings. The lowest BCUT2D eigenvalue weighted by molar-refractivity contribution is -0.134. The van der Waals surface area contributed by atoms with E-state index < -0.39 is 0 Å². The minimum absolute atomic E-state index is 0.0610. The minimum atomic E-state index is 0.0610. The van der Waals surface area contributed by atoms with E-state index in [0.717, 1.165) is 38.1 Å². The monoisotopic (exact) mass is 304 g/mol. The number of rotatable bonds is 6. The molecule has 4 nitrogen and oxygen atoms in total. The van der Waals surface area contributed by atoms with Crippen molar-refractivity contribution in [3.8, 4) is 5.75 Å². The molecule has 1 amide bonds. The Hall–Kier alpha value is -1.55. The maximum Gasteiger partial charge on any atom is 0.260 e. The number of benzene rings is 1. The second kappa shape index (κ2) is 8.18. The minimum Gasteiger partial charge on any atom is -0.483 e. The van der Waals surface area contributed by atoms with E-state index in [-0.39, 0.29) is 12.5 Å². The standard InChI is InChI=1S/C18H28N2O2/c1-4-14(2)16-7-5-6-8-17(16)22-13-18(21)20(3)15-9-11-19-12-10-15/h5-8,14-15,19H,4,9-13H2,1-3H3. The van der Waals surface area contributed by atoms with Gasteiger partial charge in [-0.15, -0.1) is 0 Å². The first-order chi connectivity index (χ1) is 10.6. The quantitative estimate of drug-likeness (QED) is 0.878. The lowest BCUT2D eigenvalue weighted by Gasteiger charge is -2.31. The molecule has 1 aromatic carbocycles. The predicted molar refractivity (Wildman–Crippen MR) is 89.3 cm³/mol. The highest BCUT2D eigenvalue weighted by Crippen LogP contribution is 2.28. The fourth-order valence-electron chi connectivity index (χ4n) is 2.88. The van der Waals surface area contributed by atoms with Crippen LogP contribution in [0.1, 0.15) is 44.6 Å². The number of ether oxygens (including phenoxy) is 1. The molecule has 0 aromatic heterocycles. The van der Waals surface area contributed by atoms with Gasteiger partial charge in [0.2, 0.25) is 0 Å². The molecule has 4 heteroatoms. The Morgan fingerprint density at radius 2 is 2.05 bits per heavy atom.